The lowest BCUT2D eigenvalue weighted by Gasteiger charge is -2.21. The van der Waals surface area contributed by atoms with E-state index >= 15 is 0 Å². The summed E-state index contributed by atoms with van der Waals surface area (Å²) < 4.78 is 43.7. The number of carbonyl (C=O) groups excluding carboxylic acids is 1. The predicted molar refractivity (Wildman–Crippen MR) is 51.7 cm³/mol. The van der Waals surface area contributed by atoms with E-state index in [1.54, 1.807) is 0 Å². The molecule has 2 nitrogen and oxygen atoms in total. The highest BCUT2D eigenvalue weighted by Gasteiger charge is 2.31. The Morgan fingerprint density at radius 2 is 1.75 bits per heavy atom. The van der Waals surface area contributed by atoms with E-state index in [0.717, 1.165) is 6.07 Å². The minimum absolute atomic E-state index is 0.522. The van der Waals surface area contributed by atoms with Gasteiger partial charge in [-0.25, -0.2) is 13.2 Å². The van der Waals surface area contributed by atoms with E-state index in [1.165, 1.54) is 21.0 Å². The van der Waals surface area contributed by atoms with Crippen molar-refractivity contribution in [3.8, 4) is 0 Å². The molecule has 0 fully saturated rings. The molecule has 0 atom stereocenters. The van der Waals surface area contributed by atoms with Gasteiger partial charge in [-0.05, 0) is 26.0 Å². The van der Waals surface area contributed by atoms with Crippen LogP contribution < -0.4 is 0 Å². The summed E-state index contributed by atoms with van der Waals surface area (Å²) in [4.78, 5) is 11.7. The lowest BCUT2D eigenvalue weighted by Crippen LogP contribution is -2.34. The minimum Gasteiger partial charge on any atom is -0.371 e. The fourth-order valence-electron chi connectivity index (χ4n) is 1.12. The molecule has 0 saturated carbocycles. The molecular formula is C11H11F3O2. The summed E-state index contributed by atoms with van der Waals surface area (Å²) >= 11 is 0. The van der Waals surface area contributed by atoms with E-state index in [-0.39, 0.29) is 0 Å². The first-order chi connectivity index (χ1) is 7.31. The van der Waals surface area contributed by atoms with Crippen LogP contribution in [0, 0.1) is 17.5 Å². The molecule has 1 rings (SSSR count). The molecule has 1 aromatic rings. The molecule has 0 aromatic heterocycles. The molecule has 0 aliphatic rings. The monoisotopic (exact) mass is 232 g/mol. The molecule has 0 unspecified atom stereocenters. The third-order valence-electron chi connectivity index (χ3n) is 2.34. The Labute approximate surface area is 91.0 Å². The number of ketones is 1. The van der Waals surface area contributed by atoms with Gasteiger partial charge in [-0.15, -0.1) is 0 Å². The summed E-state index contributed by atoms with van der Waals surface area (Å²) in [6, 6.07) is 1.61. The van der Waals surface area contributed by atoms with Crippen molar-refractivity contribution in [2.75, 3.05) is 7.11 Å². The van der Waals surface area contributed by atoms with E-state index in [1.807, 2.05) is 0 Å². The summed E-state index contributed by atoms with van der Waals surface area (Å²) in [6.45, 7) is 2.83. The van der Waals surface area contributed by atoms with Gasteiger partial charge in [0.25, 0.3) is 0 Å². The van der Waals surface area contributed by atoms with Crippen LogP contribution in [0.25, 0.3) is 0 Å². The lowest BCUT2D eigenvalue weighted by atomic mass is 9.96. The molecule has 1 aromatic carbocycles. The molecule has 0 heterocycles. The van der Waals surface area contributed by atoms with Crippen molar-refractivity contribution < 1.29 is 22.7 Å². The second kappa shape index (κ2) is 4.25. The Hall–Kier alpha value is -1.36. The van der Waals surface area contributed by atoms with Crippen LogP contribution in [0.15, 0.2) is 12.1 Å². The van der Waals surface area contributed by atoms with Crippen LogP contribution in [-0.2, 0) is 4.74 Å². The zero-order chi connectivity index (χ0) is 12.5. The summed E-state index contributed by atoms with van der Waals surface area (Å²) in [5.41, 5.74) is -1.81. The fourth-order valence-corrected chi connectivity index (χ4v) is 1.12. The first-order valence-corrected chi connectivity index (χ1v) is 4.54. The summed E-state index contributed by atoms with van der Waals surface area (Å²) in [7, 11) is 1.27. The van der Waals surface area contributed by atoms with Crippen molar-refractivity contribution >= 4 is 5.78 Å². The van der Waals surface area contributed by atoms with Gasteiger partial charge in [0.05, 0.1) is 5.56 Å². The van der Waals surface area contributed by atoms with E-state index in [0.29, 0.717) is 6.07 Å². The van der Waals surface area contributed by atoms with Crippen LogP contribution in [-0.4, -0.2) is 18.5 Å². The molecule has 0 radical (unpaired) electrons. The quantitative estimate of drug-likeness (QED) is 0.591. The molecule has 0 spiro atoms. The SMILES string of the molecule is COC(C)(C)C(=O)c1ccc(F)c(F)c1F. The van der Waals surface area contributed by atoms with Crippen molar-refractivity contribution in [3.05, 3.63) is 35.1 Å². The second-order valence-electron chi connectivity index (χ2n) is 3.77. The van der Waals surface area contributed by atoms with E-state index < -0.39 is 34.4 Å². The average molecular weight is 232 g/mol. The number of halogens is 3. The Bertz CT molecular complexity index is 427. The van der Waals surface area contributed by atoms with Crippen molar-refractivity contribution in [2.45, 2.75) is 19.4 Å². The van der Waals surface area contributed by atoms with Gasteiger partial charge in [0, 0.05) is 7.11 Å². The van der Waals surface area contributed by atoms with Gasteiger partial charge in [-0.2, -0.15) is 0 Å². The molecule has 88 valence electrons. The fraction of sp³-hybridized carbons (Fsp3) is 0.364. The molecule has 0 aliphatic carbocycles. The van der Waals surface area contributed by atoms with Gasteiger partial charge in [-0.1, -0.05) is 0 Å². The molecule has 0 bridgehead atoms. The maximum atomic E-state index is 13.3. The smallest absolute Gasteiger partial charge is 0.197 e. The topological polar surface area (TPSA) is 26.3 Å². The maximum absolute atomic E-state index is 13.3. The van der Waals surface area contributed by atoms with Crippen LogP contribution in [0.3, 0.4) is 0 Å². The molecule has 0 saturated heterocycles. The third-order valence-corrected chi connectivity index (χ3v) is 2.34. The maximum Gasteiger partial charge on any atom is 0.197 e. The zero-order valence-electron chi connectivity index (χ0n) is 9.11. The zero-order valence-corrected chi connectivity index (χ0v) is 9.11. The first-order valence-electron chi connectivity index (χ1n) is 4.54. The summed E-state index contributed by atoms with van der Waals surface area (Å²) in [6.07, 6.45) is 0. The Morgan fingerprint density at radius 1 is 1.19 bits per heavy atom. The standard InChI is InChI=1S/C11H11F3O2/c1-11(2,16-3)10(15)6-4-5-7(12)9(14)8(6)13/h4-5H,1-3H3. The van der Waals surface area contributed by atoms with Crippen molar-refractivity contribution in [2.24, 2.45) is 0 Å². The summed E-state index contributed by atoms with van der Waals surface area (Å²) in [5.74, 6) is -5.22. The van der Waals surface area contributed by atoms with Gasteiger partial charge in [0.2, 0.25) is 0 Å². The Morgan fingerprint density at radius 3 is 2.25 bits per heavy atom. The van der Waals surface area contributed by atoms with Crippen molar-refractivity contribution in [1.82, 2.24) is 0 Å². The Kier molecular flexibility index (Phi) is 3.38. The summed E-state index contributed by atoms with van der Waals surface area (Å²) in [5, 5.41) is 0. The van der Waals surface area contributed by atoms with Crippen molar-refractivity contribution in [3.63, 3.8) is 0 Å². The van der Waals surface area contributed by atoms with Crippen LogP contribution in [0.2, 0.25) is 0 Å². The number of hydrogen-bond donors (Lipinski definition) is 0. The first kappa shape index (κ1) is 12.7. The number of Topliss-reactive ketones (excluding diaryl/α,β-unsaturated/α-hetero) is 1. The van der Waals surface area contributed by atoms with E-state index in [2.05, 4.69) is 0 Å². The second-order valence-corrected chi connectivity index (χ2v) is 3.77. The number of rotatable bonds is 3. The van der Waals surface area contributed by atoms with Crippen LogP contribution in [0.1, 0.15) is 24.2 Å². The molecule has 0 N–H and O–H groups in total. The number of carbonyl (C=O) groups is 1. The highest BCUT2D eigenvalue weighted by atomic mass is 19.2. The molecular weight excluding hydrogens is 221 g/mol. The van der Waals surface area contributed by atoms with Gasteiger partial charge >= 0.3 is 0 Å². The molecule has 16 heavy (non-hydrogen) atoms. The van der Waals surface area contributed by atoms with Crippen LogP contribution in [0.5, 0.6) is 0 Å². The number of hydrogen-bond acceptors (Lipinski definition) is 2. The van der Waals surface area contributed by atoms with Crippen LogP contribution >= 0.6 is 0 Å². The van der Waals surface area contributed by atoms with Gasteiger partial charge < -0.3 is 4.74 Å². The number of ether oxygens (including phenoxy) is 1. The number of benzene rings is 1. The van der Waals surface area contributed by atoms with Gasteiger partial charge in [0.15, 0.2) is 23.2 Å². The van der Waals surface area contributed by atoms with Crippen molar-refractivity contribution in [1.29, 1.82) is 0 Å². The predicted octanol–water partition coefficient (Wildman–Crippen LogP) is 2.71. The normalized spacial score (nSPS) is 11.6. The lowest BCUT2D eigenvalue weighted by molar-refractivity contribution is 0.0223. The minimum atomic E-state index is -1.65. The largest absolute Gasteiger partial charge is 0.371 e. The van der Waals surface area contributed by atoms with Gasteiger partial charge in [0.1, 0.15) is 5.60 Å². The van der Waals surface area contributed by atoms with E-state index in [4.69, 9.17) is 4.74 Å². The number of methoxy groups -OCH3 is 1. The van der Waals surface area contributed by atoms with Crippen LogP contribution in [0.4, 0.5) is 13.2 Å². The highest BCUT2D eigenvalue weighted by molar-refractivity contribution is 6.02. The molecule has 5 heteroatoms. The molecule has 0 aliphatic heterocycles. The highest BCUT2D eigenvalue weighted by Crippen LogP contribution is 2.21. The van der Waals surface area contributed by atoms with Gasteiger partial charge in [-0.3, -0.25) is 4.79 Å². The van der Waals surface area contributed by atoms with E-state index in [9.17, 15) is 18.0 Å². The average Bonchev–Trinajstić information content (AvgIpc) is 2.25. The Balaban J connectivity index is 3.26. The molecule has 0 amide bonds. The third kappa shape index (κ3) is 2.09.